The molecule has 0 aliphatic carbocycles. The van der Waals surface area contributed by atoms with Crippen LogP contribution in [0.3, 0.4) is 0 Å². The fourth-order valence-electron chi connectivity index (χ4n) is 0.317. The fourth-order valence-corrected chi connectivity index (χ4v) is 0.739. The summed E-state index contributed by atoms with van der Waals surface area (Å²) in [6.45, 7) is 0.632. The highest BCUT2D eigenvalue weighted by Crippen LogP contribution is 1.93. The summed E-state index contributed by atoms with van der Waals surface area (Å²) in [5.41, 5.74) is 5.50. The minimum absolute atomic E-state index is 0.632. The van der Waals surface area contributed by atoms with E-state index in [-0.39, 0.29) is 0 Å². The molecule has 0 fully saturated rings. The molecule has 0 atom stereocenters. The first kappa shape index (κ1) is 5.62. The molecule has 0 bridgehead atoms. The molecule has 0 aromatic heterocycles. The molecule has 0 unspecified atom stereocenters. The maximum absolute atomic E-state index is 4.61. The van der Waals surface area contributed by atoms with Crippen molar-refractivity contribution in [2.24, 2.45) is 0 Å². The third-order valence-corrected chi connectivity index (χ3v) is 1.30. The molecule has 0 radical (unpaired) electrons. The van der Waals surface area contributed by atoms with Crippen LogP contribution in [0.15, 0.2) is 12.0 Å². The van der Waals surface area contributed by atoms with Crippen LogP contribution in [-0.2, 0) is 9.78 Å². The van der Waals surface area contributed by atoms with Gasteiger partial charge in [0.1, 0.15) is 6.61 Å². The highest BCUT2D eigenvalue weighted by Gasteiger charge is 1.82. The quantitative estimate of drug-likeness (QED) is 0.275. The largest absolute Gasteiger partial charge is 0.336 e. The Morgan fingerprint density at radius 1 is 1.62 bits per heavy atom. The molecule has 1 aliphatic heterocycles. The van der Waals surface area contributed by atoms with Crippen LogP contribution in [0.4, 0.5) is 0 Å². The summed E-state index contributed by atoms with van der Waals surface area (Å²) in [7, 11) is 1.11. The van der Waals surface area contributed by atoms with Gasteiger partial charge in [0.2, 0.25) is 0 Å². The SMILES string of the molecule is C1=C=PCCOOC=1. The van der Waals surface area contributed by atoms with Crippen LogP contribution in [-0.4, -0.2) is 18.2 Å². The highest BCUT2D eigenvalue weighted by atomic mass is 31.1. The van der Waals surface area contributed by atoms with Crippen LogP contribution >= 0.6 is 8.20 Å². The lowest BCUT2D eigenvalue weighted by Gasteiger charge is -1.94. The van der Waals surface area contributed by atoms with Gasteiger partial charge in [-0.25, -0.2) is 0 Å². The summed E-state index contributed by atoms with van der Waals surface area (Å²) in [6.07, 6.45) is 2.28. The lowest BCUT2D eigenvalue weighted by Crippen LogP contribution is -1.92. The van der Waals surface area contributed by atoms with Crippen molar-refractivity contribution in [1.82, 2.24) is 0 Å². The zero-order valence-corrected chi connectivity index (χ0v) is 5.15. The summed E-state index contributed by atoms with van der Waals surface area (Å²) in [4.78, 5) is 9.08. The molecule has 1 aliphatic rings. The second kappa shape index (κ2) is 3.49. The lowest BCUT2D eigenvalue weighted by atomic mass is 10.9. The van der Waals surface area contributed by atoms with Gasteiger partial charge in [0.25, 0.3) is 0 Å². The Hall–Kier alpha value is -0.510. The lowest BCUT2D eigenvalue weighted by molar-refractivity contribution is -0.243. The van der Waals surface area contributed by atoms with Crippen molar-refractivity contribution in [2.45, 2.75) is 0 Å². The number of hydrogen-bond acceptors (Lipinski definition) is 2. The van der Waals surface area contributed by atoms with Crippen LogP contribution in [0, 0.1) is 0 Å². The Balaban J connectivity index is 2.59. The monoisotopic (exact) mass is 128 g/mol. The predicted octanol–water partition coefficient (Wildman–Crippen LogP) is 0.964. The van der Waals surface area contributed by atoms with Gasteiger partial charge in [-0.15, -0.1) is 0 Å². The van der Waals surface area contributed by atoms with Gasteiger partial charge in [-0.05, 0) is 19.4 Å². The normalized spacial score (nSPS) is 19.0. The van der Waals surface area contributed by atoms with Crippen LogP contribution < -0.4 is 0 Å². The smallest absolute Gasteiger partial charge is 0.180 e. The Morgan fingerprint density at radius 3 is 3.62 bits per heavy atom. The summed E-state index contributed by atoms with van der Waals surface area (Å²) in [6, 6.07) is 0. The Bertz CT molecular complexity index is 134. The maximum atomic E-state index is 4.61. The molecule has 8 heavy (non-hydrogen) atoms. The first-order valence-electron chi connectivity index (χ1n) is 2.27. The van der Waals surface area contributed by atoms with E-state index in [1.807, 2.05) is 0 Å². The number of rotatable bonds is 0. The van der Waals surface area contributed by atoms with Crippen molar-refractivity contribution in [2.75, 3.05) is 12.8 Å². The summed E-state index contributed by atoms with van der Waals surface area (Å²) >= 11 is 0. The van der Waals surface area contributed by atoms with E-state index in [1.54, 1.807) is 0 Å². The number of hydrogen-bond donors (Lipinski definition) is 0. The average Bonchev–Trinajstić information content (AvgIpc) is 1.62. The Morgan fingerprint density at radius 2 is 2.62 bits per heavy atom. The van der Waals surface area contributed by atoms with Gasteiger partial charge in [0.05, 0.1) is 0 Å². The van der Waals surface area contributed by atoms with Crippen molar-refractivity contribution < 1.29 is 9.78 Å². The first-order chi connectivity index (χ1) is 4.00. The average molecular weight is 128 g/mol. The van der Waals surface area contributed by atoms with Crippen molar-refractivity contribution in [1.29, 1.82) is 0 Å². The zero-order valence-electron chi connectivity index (χ0n) is 4.26. The van der Waals surface area contributed by atoms with E-state index >= 15 is 0 Å². The third-order valence-electron chi connectivity index (χ3n) is 0.605. The highest BCUT2D eigenvalue weighted by molar-refractivity contribution is 7.37. The van der Waals surface area contributed by atoms with Gasteiger partial charge < -0.3 is 4.89 Å². The van der Waals surface area contributed by atoms with E-state index in [1.165, 1.54) is 6.26 Å². The minimum Gasteiger partial charge on any atom is -0.336 e. The maximum Gasteiger partial charge on any atom is 0.180 e. The van der Waals surface area contributed by atoms with Crippen molar-refractivity contribution in [3.05, 3.63) is 12.0 Å². The van der Waals surface area contributed by atoms with Gasteiger partial charge in [-0.1, -0.05) is 0 Å². The molecular weight excluding hydrogens is 123 g/mol. The van der Waals surface area contributed by atoms with Gasteiger partial charge in [0, 0.05) is 6.16 Å². The van der Waals surface area contributed by atoms with Gasteiger partial charge in [-0.3, -0.25) is 0 Å². The molecule has 2 nitrogen and oxygen atoms in total. The van der Waals surface area contributed by atoms with Gasteiger partial charge in [-0.2, -0.15) is 4.89 Å². The second-order valence-corrected chi connectivity index (χ2v) is 2.16. The van der Waals surface area contributed by atoms with Gasteiger partial charge in [0.15, 0.2) is 6.26 Å². The van der Waals surface area contributed by atoms with Crippen molar-refractivity contribution in [3.63, 3.8) is 0 Å². The zero-order chi connectivity index (χ0) is 5.66. The molecule has 0 saturated carbocycles. The van der Waals surface area contributed by atoms with Crippen LogP contribution in [0.5, 0.6) is 0 Å². The Kier molecular flexibility index (Phi) is 2.45. The minimum atomic E-state index is 0.632. The van der Waals surface area contributed by atoms with E-state index in [2.05, 4.69) is 21.0 Å². The second-order valence-electron chi connectivity index (χ2n) is 1.17. The van der Waals surface area contributed by atoms with E-state index in [9.17, 15) is 0 Å². The molecule has 3 heteroatoms. The first-order valence-corrected chi connectivity index (χ1v) is 3.35. The molecule has 1 rings (SSSR count). The topological polar surface area (TPSA) is 18.5 Å². The molecular formula is C5H5O2P. The summed E-state index contributed by atoms with van der Waals surface area (Å²) in [5.74, 6) is 0. The third kappa shape index (κ3) is 1.97. The van der Waals surface area contributed by atoms with Crippen molar-refractivity contribution >= 4 is 13.7 Å². The molecule has 0 saturated heterocycles. The Labute approximate surface area is 49.1 Å². The molecule has 42 valence electrons. The van der Waals surface area contributed by atoms with Crippen LogP contribution in [0.2, 0.25) is 0 Å². The predicted molar refractivity (Wildman–Crippen MR) is 31.9 cm³/mol. The molecule has 0 aromatic carbocycles. The van der Waals surface area contributed by atoms with Crippen LogP contribution in [0.1, 0.15) is 0 Å². The molecule has 0 aromatic rings. The molecule has 0 amide bonds. The van der Waals surface area contributed by atoms with E-state index < -0.39 is 0 Å². The van der Waals surface area contributed by atoms with Crippen molar-refractivity contribution in [3.8, 4) is 0 Å². The van der Waals surface area contributed by atoms with Crippen LogP contribution in [0.25, 0.3) is 0 Å². The molecule has 1 heterocycles. The summed E-state index contributed by atoms with van der Waals surface area (Å²) in [5, 5.41) is 0. The fraction of sp³-hybridized carbons (Fsp3) is 0.400. The standard InChI is InChI=1S/C5H5O2P/c1-2-6-7-3-5-8-4-1/h2H,3,5H2. The summed E-state index contributed by atoms with van der Waals surface area (Å²) < 4.78 is 0. The van der Waals surface area contributed by atoms with E-state index in [0.29, 0.717) is 6.61 Å². The molecule has 0 N–H and O–H groups in total. The van der Waals surface area contributed by atoms with E-state index in [0.717, 1.165) is 14.4 Å². The van der Waals surface area contributed by atoms with Gasteiger partial charge >= 0.3 is 0 Å². The molecule has 0 spiro atoms. The van der Waals surface area contributed by atoms with E-state index in [4.69, 9.17) is 0 Å².